The molecule has 0 N–H and O–H groups in total. The lowest BCUT2D eigenvalue weighted by Gasteiger charge is -2.02. The highest BCUT2D eigenvalue weighted by atomic mass is 32.1. The highest BCUT2D eigenvalue weighted by Gasteiger charge is 2.07. The van der Waals surface area contributed by atoms with Crippen LogP contribution in [-0.2, 0) is 17.6 Å². The van der Waals surface area contributed by atoms with E-state index < -0.39 is 11.6 Å². The number of halogens is 2. The number of thiophene rings is 1. The smallest absolute Gasteiger partial charge is 0.137 e. The zero-order valence-corrected chi connectivity index (χ0v) is 11.2. The van der Waals surface area contributed by atoms with Gasteiger partial charge in [0.1, 0.15) is 17.4 Å². The number of aryl methyl sites for hydroxylation is 1. The summed E-state index contributed by atoms with van der Waals surface area (Å²) in [5.41, 5.74) is 0.402. The fourth-order valence-corrected chi connectivity index (χ4v) is 2.69. The molecule has 19 heavy (non-hydrogen) atoms. The second-order valence-electron chi connectivity index (χ2n) is 4.43. The zero-order chi connectivity index (χ0) is 13.7. The van der Waals surface area contributed by atoms with Crippen molar-refractivity contribution in [3.8, 4) is 0 Å². The summed E-state index contributed by atoms with van der Waals surface area (Å²) in [6.45, 7) is 0. The van der Waals surface area contributed by atoms with E-state index in [2.05, 4.69) is 0 Å². The molecule has 2 aromatic rings. The van der Waals surface area contributed by atoms with Crippen molar-refractivity contribution in [1.82, 2.24) is 0 Å². The van der Waals surface area contributed by atoms with E-state index in [1.165, 1.54) is 17.0 Å². The minimum Gasteiger partial charge on any atom is -0.299 e. The van der Waals surface area contributed by atoms with Gasteiger partial charge in [-0.3, -0.25) is 4.79 Å². The third kappa shape index (κ3) is 4.56. The number of carbonyl (C=O) groups excluding carboxylic acids is 1. The second kappa shape index (κ2) is 6.57. The van der Waals surface area contributed by atoms with Crippen LogP contribution >= 0.6 is 11.3 Å². The van der Waals surface area contributed by atoms with Crippen LogP contribution in [0.1, 0.15) is 23.3 Å². The summed E-state index contributed by atoms with van der Waals surface area (Å²) in [6, 6.07) is 7.25. The number of benzene rings is 1. The van der Waals surface area contributed by atoms with E-state index in [0.717, 1.165) is 18.9 Å². The van der Waals surface area contributed by atoms with Crippen molar-refractivity contribution in [2.75, 3.05) is 0 Å². The number of hydrogen-bond acceptors (Lipinski definition) is 2. The molecule has 1 heterocycles. The maximum absolute atomic E-state index is 13.0. The molecule has 0 aliphatic heterocycles. The van der Waals surface area contributed by atoms with Gasteiger partial charge in [-0.05, 0) is 42.0 Å². The molecule has 0 amide bonds. The molecule has 0 fully saturated rings. The lowest BCUT2D eigenvalue weighted by molar-refractivity contribution is -0.118. The Hall–Kier alpha value is -1.55. The molecule has 0 aliphatic carbocycles. The first kappa shape index (κ1) is 13.9. The first-order chi connectivity index (χ1) is 9.13. The quantitative estimate of drug-likeness (QED) is 0.776. The summed E-state index contributed by atoms with van der Waals surface area (Å²) in [7, 11) is 0. The van der Waals surface area contributed by atoms with Crippen molar-refractivity contribution >= 4 is 17.1 Å². The van der Waals surface area contributed by atoms with Crippen LogP contribution < -0.4 is 0 Å². The topological polar surface area (TPSA) is 17.1 Å². The predicted octanol–water partition coefficient (Wildman–Crippen LogP) is 4.16. The molecule has 0 unspecified atom stereocenters. The maximum atomic E-state index is 13.0. The molecule has 1 aromatic heterocycles. The number of ketones is 1. The van der Waals surface area contributed by atoms with E-state index >= 15 is 0 Å². The van der Waals surface area contributed by atoms with Crippen LogP contribution in [0.5, 0.6) is 0 Å². The van der Waals surface area contributed by atoms with Crippen molar-refractivity contribution in [1.29, 1.82) is 0 Å². The molecule has 1 nitrogen and oxygen atoms in total. The minimum absolute atomic E-state index is 0.0153. The highest BCUT2D eigenvalue weighted by Crippen LogP contribution is 2.14. The second-order valence-corrected chi connectivity index (χ2v) is 5.46. The average molecular weight is 280 g/mol. The van der Waals surface area contributed by atoms with Gasteiger partial charge >= 0.3 is 0 Å². The van der Waals surface area contributed by atoms with Crippen LogP contribution in [0.2, 0.25) is 0 Å². The van der Waals surface area contributed by atoms with Gasteiger partial charge in [0.25, 0.3) is 0 Å². The lowest BCUT2D eigenvalue weighted by atomic mass is 10.0. The van der Waals surface area contributed by atoms with Crippen LogP contribution in [0, 0.1) is 11.6 Å². The molecule has 0 atom stereocenters. The van der Waals surface area contributed by atoms with E-state index in [1.54, 1.807) is 11.3 Å². The summed E-state index contributed by atoms with van der Waals surface area (Å²) >= 11 is 1.67. The number of carbonyl (C=O) groups is 1. The Bertz CT molecular complexity index is 529. The molecule has 0 saturated heterocycles. The number of rotatable bonds is 6. The van der Waals surface area contributed by atoms with E-state index in [9.17, 15) is 13.6 Å². The fraction of sp³-hybridized carbons (Fsp3) is 0.267. The molecule has 0 saturated carbocycles. The lowest BCUT2D eigenvalue weighted by Crippen LogP contribution is -2.04. The summed E-state index contributed by atoms with van der Waals surface area (Å²) in [6.07, 6.45) is 2.19. The minimum atomic E-state index is -0.638. The van der Waals surface area contributed by atoms with Crippen molar-refractivity contribution in [3.63, 3.8) is 0 Å². The van der Waals surface area contributed by atoms with E-state index in [1.807, 2.05) is 17.5 Å². The van der Waals surface area contributed by atoms with Crippen LogP contribution in [0.4, 0.5) is 8.78 Å². The SMILES string of the molecule is O=C(CCCc1cccs1)Cc1cc(F)cc(F)c1. The molecule has 2 rings (SSSR count). The van der Waals surface area contributed by atoms with Crippen LogP contribution in [0.25, 0.3) is 0 Å². The largest absolute Gasteiger partial charge is 0.299 e. The summed E-state index contributed by atoms with van der Waals surface area (Å²) in [5.74, 6) is -1.26. The number of Topliss-reactive ketones (excluding diaryl/α,β-unsaturated/α-hetero) is 1. The summed E-state index contributed by atoms with van der Waals surface area (Å²) < 4.78 is 25.9. The summed E-state index contributed by atoms with van der Waals surface area (Å²) in [4.78, 5) is 13.0. The standard InChI is InChI=1S/C15H14F2OS/c16-12-7-11(8-13(17)10-12)9-14(18)3-1-4-15-5-2-6-19-15/h2,5-8,10H,1,3-4,9H2. The molecule has 0 bridgehead atoms. The first-order valence-corrected chi connectivity index (χ1v) is 7.00. The van der Waals surface area contributed by atoms with Gasteiger partial charge in [0.2, 0.25) is 0 Å². The molecule has 0 spiro atoms. The van der Waals surface area contributed by atoms with Crippen LogP contribution in [0.15, 0.2) is 35.7 Å². The third-order valence-electron chi connectivity index (χ3n) is 2.78. The van der Waals surface area contributed by atoms with Crippen molar-refractivity contribution < 1.29 is 13.6 Å². The molecular weight excluding hydrogens is 266 g/mol. The van der Waals surface area contributed by atoms with E-state index in [4.69, 9.17) is 0 Å². The van der Waals surface area contributed by atoms with Crippen molar-refractivity contribution in [2.45, 2.75) is 25.7 Å². The Morgan fingerprint density at radius 2 is 1.89 bits per heavy atom. The van der Waals surface area contributed by atoms with Crippen LogP contribution in [0.3, 0.4) is 0 Å². The van der Waals surface area contributed by atoms with Gasteiger partial charge in [-0.25, -0.2) is 8.78 Å². The average Bonchev–Trinajstić information content (AvgIpc) is 2.80. The van der Waals surface area contributed by atoms with Gasteiger partial charge in [0, 0.05) is 23.8 Å². The van der Waals surface area contributed by atoms with Gasteiger partial charge in [0.05, 0.1) is 0 Å². The molecule has 0 radical (unpaired) electrons. The molecule has 0 aliphatic rings. The Morgan fingerprint density at radius 1 is 1.16 bits per heavy atom. The normalized spacial score (nSPS) is 10.6. The monoisotopic (exact) mass is 280 g/mol. The first-order valence-electron chi connectivity index (χ1n) is 6.12. The van der Waals surface area contributed by atoms with Gasteiger partial charge in [-0.15, -0.1) is 11.3 Å². The molecule has 1 aromatic carbocycles. The molecule has 100 valence electrons. The fourth-order valence-electron chi connectivity index (χ4n) is 1.94. The summed E-state index contributed by atoms with van der Waals surface area (Å²) in [5, 5.41) is 2.01. The highest BCUT2D eigenvalue weighted by molar-refractivity contribution is 7.09. The van der Waals surface area contributed by atoms with E-state index in [0.29, 0.717) is 12.0 Å². The maximum Gasteiger partial charge on any atom is 0.137 e. The zero-order valence-electron chi connectivity index (χ0n) is 10.4. The van der Waals surface area contributed by atoms with Crippen molar-refractivity contribution in [2.24, 2.45) is 0 Å². The van der Waals surface area contributed by atoms with Gasteiger partial charge in [-0.2, -0.15) is 0 Å². The van der Waals surface area contributed by atoms with Gasteiger partial charge in [-0.1, -0.05) is 6.07 Å². The molecular formula is C15H14F2OS. The third-order valence-corrected chi connectivity index (χ3v) is 3.72. The van der Waals surface area contributed by atoms with Crippen LogP contribution in [-0.4, -0.2) is 5.78 Å². The number of hydrogen-bond donors (Lipinski definition) is 0. The van der Waals surface area contributed by atoms with Gasteiger partial charge < -0.3 is 0 Å². The Labute approximate surface area is 114 Å². The van der Waals surface area contributed by atoms with Gasteiger partial charge in [0.15, 0.2) is 0 Å². The van der Waals surface area contributed by atoms with Crippen molar-refractivity contribution in [3.05, 3.63) is 57.8 Å². The predicted molar refractivity (Wildman–Crippen MR) is 72.3 cm³/mol. The van der Waals surface area contributed by atoms with E-state index in [-0.39, 0.29) is 12.2 Å². The Balaban J connectivity index is 1.80. The molecule has 4 heteroatoms. The Morgan fingerprint density at radius 3 is 2.53 bits per heavy atom. The Kier molecular flexibility index (Phi) is 4.80.